The van der Waals surface area contributed by atoms with Crippen molar-refractivity contribution < 1.29 is 14.3 Å². The topological polar surface area (TPSA) is 47.6 Å². The molecule has 3 aromatic carbocycles. The van der Waals surface area contributed by atoms with Crippen molar-refractivity contribution >= 4 is 23.2 Å². The predicted octanol–water partition coefficient (Wildman–Crippen LogP) is 5.68. The Hall–Kier alpha value is -2.98. The van der Waals surface area contributed by atoms with Gasteiger partial charge in [0.2, 0.25) is 0 Å². The number of benzene rings is 3. The Morgan fingerprint density at radius 2 is 1.69 bits per heavy atom. The molecule has 0 radical (unpaired) electrons. The van der Waals surface area contributed by atoms with Crippen molar-refractivity contribution in [2.45, 2.75) is 19.8 Å². The van der Waals surface area contributed by atoms with Crippen LogP contribution in [0.2, 0.25) is 5.02 Å². The Kier molecular flexibility index (Phi) is 7.54. The number of halogens is 1. The molecule has 0 fully saturated rings. The van der Waals surface area contributed by atoms with E-state index in [1.165, 1.54) is 5.56 Å². The summed E-state index contributed by atoms with van der Waals surface area (Å²) in [5, 5.41) is 3.49. The number of nitrogens with one attached hydrogen (secondary N) is 1. The fourth-order valence-electron chi connectivity index (χ4n) is 2.90. The van der Waals surface area contributed by atoms with Gasteiger partial charge in [0.25, 0.3) is 5.91 Å². The minimum Gasteiger partial charge on any atom is -0.491 e. The summed E-state index contributed by atoms with van der Waals surface area (Å²) in [7, 11) is 0. The van der Waals surface area contributed by atoms with Crippen molar-refractivity contribution in [1.29, 1.82) is 0 Å². The van der Waals surface area contributed by atoms with Gasteiger partial charge in [-0.05, 0) is 61.2 Å². The van der Waals surface area contributed by atoms with Crippen LogP contribution in [0.1, 0.15) is 17.5 Å². The quantitative estimate of drug-likeness (QED) is 0.462. The van der Waals surface area contributed by atoms with Gasteiger partial charge in [0.1, 0.15) is 11.5 Å². The van der Waals surface area contributed by atoms with Gasteiger partial charge in [-0.25, -0.2) is 0 Å². The van der Waals surface area contributed by atoms with Crippen LogP contribution < -0.4 is 14.8 Å². The molecule has 4 nitrogen and oxygen atoms in total. The molecule has 0 aliphatic carbocycles. The van der Waals surface area contributed by atoms with Crippen molar-refractivity contribution in [3.63, 3.8) is 0 Å². The summed E-state index contributed by atoms with van der Waals surface area (Å²) in [5.74, 6) is 1.03. The van der Waals surface area contributed by atoms with E-state index in [1.54, 1.807) is 18.2 Å². The standard InChI is InChI=1S/C24H24ClNO3/c1-18-16-20(25)13-14-22(18)29-17-24(27)26-21-11-5-6-12-23(21)28-15-7-10-19-8-3-2-4-9-19/h2-6,8-9,11-14,16H,7,10,15,17H2,1H3,(H,26,27). The number of rotatable bonds is 9. The molecule has 0 bridgehead atoms. The second-order valence-electron chi connectivity index (χ2n) is 6.68. The van der Waals surface area contributed by atoms with Crippen LogP contribution in [0.3, 0.4) is 0 Å². The molecule has 0 atom stereocenters. The number of carbonyl (C=O) groups is 1. The molecule has 0 unspecified atom stereocenters. The lowest BCUT2D eigenvalue weighted by Gasteiger charge is -2.13. The molecule has 5 heteroatoms. The van der Waals surface area contributed by atoms with Gasteiger partial charge in [0.05, 0.1) is 12.3 Å². The van der Waals surface area contributed by atoms with Crippen molar-refractivity contribution in [2.24, 2.45) is 0 Å². The third-order valence-corrected chi connectivity index (χ3v) is 4.60. The van der Waals surface area contributed by atoms with Gasteiger partial charge < -0.3 is 14.8 Å². The molecule has 150 valence electrons. The van der Waals surface area contributed by atoms with E-state index in [1.807, 2.05) is 49.4 Å². The van der Waals surface area contributed by atoms with E-state index in [2.05, 4.69) is 17.4 Å². The van der Waals surface area contributed by atoms with Crippen molar-refractivity contribution in [1.82, 2.24) is 0 Å². The van der Waals surface area contributed by atoms with Gasteiger partial charge in [-0.2, -0.15) is 0 Å². The Morgan fingerprint density at radius 1 is 0.931 bits per heavy atom. The molecule has 29 heavy (non-hydrogen) atoms. The van der Waals surface area contributed by atoms with Crippen molar-refractivity contribution in [3.8, 4) is 11.5 Å². The molecule has 0 aromatic heterocycles. The lowest BCUT2D eigenvalue weighted by Crippen LogP contribution is -2.21. The number of hydrogen-bond acceptors (Lipinski definition) is 3. The molecule has 3 rings (SSSR count). The summed E-state index contributed by atoms with van der Waals surface area (Å²) in [5.41, 5.74) is 2.80. The summed E-state index contributed by atoms with van der Waals surface area (Å²) >= 11 is 5.94. The normalized spacial score (nSPS) is 10.4. The molecule has 0 aliphatic rings. The SMILES string of the molecule is Cc1cc(Cl)ccc1OCC(=O)Nc1ccccc1OCCCc1ccccc1. The van der Waals surface area contributed by atoms with Crippen LogP contribution in [-0.2, 0) is 11.2 Å². The van der Waals surface area contributed by atoms with Gasteiger partial charge in [-0.3, -0.25) is 4.79 Å². The molecule has 0 saturated carbocycles. The van der Waals surface area contributed by atoms with E-state index in [-0.39, 0.29) is 12.5 Å². The number of amides is 1. The second kappa shape index (κ2) is 10.5. The molecule has 0 aliphatic heterocycles. The maximum atomic E-state index is 12.3. The molecule has 0 spiro atoms. The van der Waals surface area contributed by atoms with Gasteiger partial charge in [0, 0.05) is 5.02 Å². The lowest BCUT2D eigenvalue weighted by atomic mass is 10.1. The first kappa shape index (κ1) is 20.7. The zero-order valence-corrected chi connectivity index (χ0v) is 17.1. The van der Waals surface area contributed by atoms with Crippen LogP contribution in [0.4, 0.5) is 5.69 Å². The maximum Gasteiger partial charge on any atom is 0.262 e. The summed E-state index contributed by atoms with van der Waals surface area (Å²) in [6, 6.07) is 23.0. The van der Waals surface area contributed by atoms with Crippen LogP contribution in [0.5, 0.6) is 11.5 Å². The molecule has 0 saturated heterocycles. The first-order valence-electron chi connectivity index (χ1n) is 9.56. The molecule has 1 N–H and O–H groups in total. The van der Waals surface area contributed by atoms with Crippen LogP contribution in [0.25, 0.3) is 0 Å². The fraction of sp³-hybridized carbons (Fsp3) is 0.208. The van der Waals surface area contributed by atoms with E-state index < -0.39 is 0 Å². The number of ether oxygens (including phenoxy) is 2. The Bertz CT molecular complexity index is 944. The van der Waals surface area contributed by atoms with Crippen LogP contribution in [0.15, 0.2) is 72.8 Å². The van der Waals surface area contributed by atoms with E-state index in [0.717, 1.165) is 18.4 Å². The first-order valence-corrected chi connectivity index (χ1v) is 9.94. The molecule has 1 amide bonds. The van der Waals surface area contributed by atoms with Gasteiger partial charge in [-0.1, -0.05) is 54.1 Å². The molecular weight excluding hydrogens is 386 g/mol. The monoisotopic (exact) mass is 409 g/mol. The Morgan fingerprint density at radius 3 is 2.48 bits per heavy atom. The zero-order valence-electron chi connectivity index (χ0n) is 16.4. The molecular formula is C24H24ClNO3. The summed E-state index contributed by atoms with van der Waals surface area (Å²) in [4.78, 5) is 12.3. The number of anilines is 1. The van der Waals surface area contributed by atoms with Gasteiger partial charge in [0.15, 0.2) is 6.61 Å². The lowest BCUT2D eigenvalue weighted by molar-refractivity contribution is -0.118. The van der Waals surface area contributed by atoms with Crippen LogP contribution in [-0.4, -0.2) is 19.1 Å². The van der Waals surface area contributed by atoms with E-state index in [9.17, 15) is 4.79 Å². The Balaban J connectivity index is 1.49. The average molecular weight is 410 g/mol. The Labute approximate surface area is 176 Å². The number of aryl methyl sites for hydroxylation is 2. The molecule has 3 aromatic rings. The number of hydrogen-bond donors (Lipinski definition) is 1. The summed E-state index contributed by atoms with van der Waals surface area (Å²) < 4.78 is 11.5. The fourth-order valence-corrected chi connectivity index (χ4v) is 3.13. The van der Waals surface area contributed by atoms with Crippen LogP contribution in [0, 0.1) is 6.92 Å². The highest BCUT2D eigenvalue weighted by atomic mass is 35.5. The number of carbonyl (C=O) groups excluding carboxylic acids is 1. The highest BCUT2D eigenvalue weighted by Gasteiger charge is 2.09. The minimum atomic E-state index is -0.250. The third-order valence-electron chi connectivity index (χ3n) is 4.37. The first-order chi connectivity index (χ1) is 14.1. The third kappa shape index (κ3) is 6.54. The number of para-hydroxylation sites is 2. The van der Waals surface area contributed by atoms with E-state index in [4.69, 9.17) is 21.1 Å². The van der Waals surface area contributed by atoms with E-state index >= 15 is 0 Å². The van der Waals surface area contributed by atoms with Gasteiger partial charge >= 0.3 is 0 Å². The zero-order chi connectivity index (χ0) is 20.5. The molecule has 0 heterocycles. The maximum absolute atomic E-state index is 12.3. The van der Waals surface area contributed by atoms with Crippen molar-refractivity contribution in [3.05, 3.63) is 88.9 Å². The highest BCUT2D eigenvalue weighted by Crippen LogP contribution is 2.25. The van der Waals surface area contributed by atoms with Crippen LogP contribution >= 0.6 is 11.6 Å². The minimum absolute atomic E-state index is 0.0924. The van der Waals surface area contributed by atoms with E-state index in [0.29, 0.717) is 28.8 Å². The van der Waals surface area contributed by atoms with Gasteiger partial charge in [-0.15, -0.1) is 0 Å². The largest absolute Gasteiger partial charge is 0.491 e. The predicted molar refractivity (Wildman–Crippen MR) is 117 cm³/mol. The summed E-state index contributed by atoms with van der Waals surface area (Å²) in [6.45, 7) is 2.37. The van der Waals surface area contributed by atoms with Crippen molar-refractivity contribution in [2.75, 3.05) is 18.5 Å². The summed E-state index contributed by atoms with van der Waals surface area (Å²) in [6.07, 6.45) is 1.84. The highest BCUT2D eigenvalue weighted by molar-refractivity contribution is 6.30. The second-order valence-corrected chi connectivity index (χ2v) is 7.12. The smallest absolute Gasteiger partial charge is 0.262 e. The average Bonchev–Trinajstić information content (AvgIpc) is 2.72.